The number of aromatic nitrogens is 1. The molecular weight excluding hydrogens is 243 g/mol. The first kappa shape index (κ1) is 14.3. The molecule has 1 fully saturated rings. The number of rotatable bonds is 3. The Balaban J connectivity index is 2.34. The molecule has 1 aromatic rings. The SMILES string of the molecule is [B]Oc1ccc(B2OC(C)(C)C(C)(C)O2)c(O[B])n1. The lowest BCUT2D eigenvalue weighted by atomic mass is 9.79. The van der Waals surface area contributed by atoms with Crippen LogP contribution in [0.3, 0.4) is 0 Å². The first-order valence-electron chi connectivity index (χ1n) is 5.91. The molecule has 1 saturated heterocycles. The summed E-state index contributed by atoms with van der Waals surface area (Å²) >= 11 is 0. The molecule has 2 heterocycles. The summed E-state index contributed by atoms with van der Waals surface area (Å²) in [5, 5.41) is 0. The van der Waals surface area contributed by atoms with Gasteiger partial charge in [0.05, 0.1) is 11.2 Å². The molecule has 0 unspecified atom stereocenters. The van der Waals surface area contributed by atoms with E-state index < -0.39 is 18.3 Å². The summed E-state index contributed by atoms with van der Waals surface area (Å²) in [6.45, 7) is 7.84. The van der Waals surface area contributed by atoms with E-state index in [4.69, 9.17) is 30.1 Å². The first-order valence-corrected chi connectivity index (χ1v) is 5.91. The first-order chi connectivity index (χ1) is 8.80. The van der Waals surface area contributed by atoms with Gasteiger partial charge in [0, 0.05) is 5.46 Å². The summed E-state index contributed by atoms with van der Waals surface area (Å²) in [6.07, 6.45) is 0. The Hall–Kier alpha value is -1.14. The molecule has 2 rings (SSSR count). The Labute approximate surface area is 116 Å². The van der Waals surface area contributed by atoms with Gasteiger partial charge in [0.15, 0.2) is 11.8 Å². The van der Waals surface area contributed by atoms with Gasteiger partial charge >= 0.3 is 23.2 Å². The monoisotopic (exact) mass is 257 g/mol. The summed E-state index contributed by atoms with van der Waals surface area (Å²) in [5.74, 6) is 0.349. The predicted octanol–water partition coefficient (Wildman–Crippen LogP) is 0.305. The highest BCUT2D eigenvalue weighted by Crippen LogP contribution is 2.37. The maximum atomic E-state index is 5.90. The third-order valence-electron chi connectivity index (χ3n) is 3.60. The molecule has 4 radical (unpaired) electrons. The maximum absolute atomic E-state index is 5.90. The van der Waals surface area contributed by atoms with Crippen molar-refractivity contribution in [2.24, 2.45) is 0 Å². The van der Waals surface area contributed by atoms with Gasteiger partial charge in [-0.15, -0.1) is 0 Å². The lowest BCUT2D eigenvalue weighted by Crippen LogP contribution is -2.41. The van der Waals surface area contributed by atoms with Gasteiger partial charge in [0.25, 0.3) is 0 Å². The normalized spacial score (nSPS) is 20.3. The van der Waals surface area contributed by atoms with Gasteiger partial charge < -0.3 is 18.6 Å². The van der Waals surface area contributed by atoms with E-state index in [0.29, 0.717) is 5.46 Å². The van der Waals surface area contributed by atoms with Crippen molar-refractivity contribution in [3.63, 3.8) is 0 Å². The molecule has 0 bridgehead atoms. The van der Waals surface area contributed by atoms with E-state index in [9.17, 15) is 0 Å². The van der Waals surface area contributed by atoms with Crippen LogP contribution < -0.4 is 14.8 Å². The maximum Gasteiger partial charge on any atom is 0.500 e. The molecule has 1 aliphatic rings. The predicted molar refractivity (Wildman–Crippen MR) is 72.7 cm³/mol. The van der Waals surface area contributed by atoms with Crippen LogP contribution >= 0.6 is 0 Å². The van der Waals surface area contributed by atoms with E-state index in [1.807, 2.05) is 27.7 Å². The molecule has 0 spiro atoms. The Kier molecular flexibility index (Phi) is 3.58. The Morgan fingerprint density at radius 3 is 2.11 bits per heavy atom. The zero-order valence-corrected chi connectivity index (χ0v) is 11.5. The van der Waals surface area contributed by atoms with Crippen LogP contribution in [-0.2, 0) is 9.31 Å². The zero-order chi connectivity index (χ0) is 14.3. The number of hydrogen-bond donors (Lipinski definition) is 0. The minimum atomic E-state index is -0.608. The van der Waals surface area contributed by atoms with Crippen LogP contribution in [0, 0.1) is 0 Å². The average Bonchev–Trinajstić information content (AvgIpc) is 2.57. The van der Waals surface area contributed by atoms with Crippen LogP contribution in [0.5, 0.6) is 11.8 Å². The lowest BCUT2D eigenvalue weighted by molar-refractivity contribution is 0.00578. The standard InChI is InChI=1S/C11H14B3NO4/c1-10(2)11(3,4)19-14(18-10)7-5-6-8(16-12)15-9(7)17-13/h5-6H,1-4H3. The minimum absolute atomic E-state index is 0.154. The summed E-state index contributed by atoms with van der Waals surface area (Å²) in [4.78, 5) is 4.00. The van der Waals surface area contributed by atoms with Crippen molar-refractivity contribution in [3.05, 3.63) is 12.1 Å². The summed E-state index contributed by atoms with van der Waals surface area (Å²) in [5.41, 5.74) is -0.318. The van der Waals surface area contributed by atoms with E-state index in [2.05, 4.69) is 9.64 Å². The summed E-state index contributed by atoms with van der Waals surface area (Å²) < 4.78 is 21.1. The molecule has 96 valence electrons. The van der Waals surface area contributed by atoms with Crippen LogP contribution in [0.1, 0.15) is 27.7 Å². The van der Waals surface area contributed by atoms with Crippen LogP contribution in [0.2, 0.25) is 0 Å². The van der Waals surface area contributed by atoms with Crippen LogP contribution in [0.25, 0.3) is 0 Å². The molecule has 1 aromatic heterocycles. The molecular formula is C11H14B3NO4. The lowest BCUT2D eigenvalue weighted by Gasteiger charge is -2.32. The van der Waals surface area contributed by atoms with Crippen molar-refractivity contribution in [1.29, 1.82) is 0 Å². The van der Waals surface area contributed by atoms with Gasteiger partial charge in [0.2, 0.25) is 0 Å². The van der Waals surface area contributed by atoms with Gasteiger partial charge in [0.1, 0.15) is 0 Å². The molecule has 1 aliphatic heterocycles. The molecule has 0 aliphatic carbocycles. The van der Waals surface area contributed by atoms with Crippen molar-refractivity contribution in [1.82, 2.24) is 4.98 Å². The van der Waals surface area contributed by atoms with E-state index in [0.717, 1.165) is 0 Å². The van der Waals surface area contributed by atoms with E-state index >= 15 is 0 Å². The van der Waals surface area contributed by atoms with E-state index in [1.54, 1.807) is 12.1 Å². The quantitative estimate of drug-likeness (QED) is 0.729. The van der Waals surface area contributed by atoms with Crippen molar-refractivity contribution in [3.8, 4) is 11.8 Å². The summed E-state index contributed by atoms with van der Waals surface area (Å²) in [6, 6.07) is 3.28. The molecule has 19 heavy (non-hydrogen) atoms. The second-order valence-electron chi connectivity index (χ2n) is 5.37. The highest BCUT2D eigenvalue weighted by molar-refractivity contribution is 6.63. The fraction of sp³-hybridized carbons (Fsp3) is 0.545. The minimum Gasteiger partial charge on any atom is -0.555 e. The second kappa shape index (κ2) is 4.76. The molecule has 0 aromatic carbocycles. The average molecular weight is 257 g/mol. The van der Waals surface area contributed by atoms with Crippen LogP contribution in [-0.4, -0.2) is 39.4 Å². The molecule has 0 N–H and O–H groups in total. The van der Waals surface area contributed by atoms with Gasteiger partial charge in [-0.1, -0.05) is 6.07 Å². The van der Waals surface area contributed by atoms with Gasteiger partial charge in [-0.2, -0.15) is 4.98 Å². The van der Waals surface area contributed by atoms with E-state index in [-0.39, 0.29) is 11.8 Å². The third kappa shape index (κ3) is 2.47. The largest absolute Gasteiger partial charge is 0.555 e. The molecule has 0 atom stereocenters. The highest BCUT2D eigenvalue weighted by Gasteiger charge is 2.52. The van der Waals surface area contributed by atoms with Crippen molar-refractivity contribution < 1.29 is 18.6 Å². The fourth-order valence-electron chi connectivity index (χ4n) is 1.74. The fourth-order valence-corrected chi connectivity index (χ4v) is 1.74. The van der Waals surface area contributed by atoms with Gasteiger partial charge in [-0.3, -0.25) is 0 Å². The topological polar surface area (TPSA) is 49.8 Å². The smallest absolute Gasteiger partial charge is 0.500 e. The Morgan fingerprint density at radius 2 is 1.63 bits per heavy atom. The highest BCUT2D eigenvalue weighted by atomic mass is 16.7. The molecule has 8 heteroatoms. The van der Waals surface area contributed by atoms with Gasteiger partial charge in [-0.05, 0) is 33.8 Å². The summed E-state index contributed by atoms with van der Waals surface area (Å²) in [7, 11) is 9.64. The number of hydrogen-bond acceptors (Lipinski definition) is 5. The molecule has 0 saturated carbocycles. The Morgan fingerprint density at radius 1 is 1.05 bits per heavy atom. The third-order valence-corrected chi connectivity index (χ3v) is 3.60. The Bertz CT molecular complexity index is 465. The van der Waals surface area contributed by atoms with Crippen molar-refractivity contribution in [2.45, 2.75) is 38.9 Å². The van der Waals surface area contributed by atoms with Crippen LogP contribution in [0.4, 0.5) is 0 Å². The van der Waals surface area contributed by atoms with Crippen molar-refractivity contribution >= 4 is 28.7 Å². The zero-order valence-electron chi connectivity index (χ0n) is 11.5. The number of nitrogens with zero attached hydrogens (tertiary/aromatic N) is 1. The van der Waals surface area contributed by atoms with Crippen LogP contribution in [0.15, 0.2) is 12.1 Å². The molecule has 0 amide bonds. The van der Waals surface area contributed by atoms with Gasteiger partial charge in [-0.25, -0.2) is 0 Å². The number of pyridine rings is 1. The second-order valence-corrected chi connectivity index (χ2v) is 5.37. The van der Waals surface area contributed by atoms with Crippen molar-refractivity contribution in [2.75, 3.05) is 0 Å². The molecule has 5 nitrogen and oxygen atoms in total. The van der Waals surface area contributed by atoms with E-state index in [1.165, 1.54) is 0 Å².